The lowest BCUT2D eigenvalue weighted by atomic mass is 10.00. The highest BCUT2D eigenvalue weighted by Gasteiger charge is 2.12. The highest BCUT2D eigenvalue weighted by atomic mass is 16.3. The monoisotopic (exact) mass is 287 g/mol. The standard InChI is InChI=1S/C17H25N3O/c1-13(2)14-5-7-15(8-6-14)16(21)11-19(3)12-17-18-9-10-20(17)4/h5-10,13,16,21H,11-12H2,1-4H3. The molecular weight excluding hydrogens is 262 g/mol. The lowest BCUT2D eigenvalue weighted by Gasteiger charge is -2.21. The van der Waals surface area contributed by atoms with Crippen LogP contribution in [0.25, 0.3) is 0 Å². The molecule has 1 heterocycles. The number of rotatable bonds is 6. The van der Waals surface area contributed by atoms with Crippen LogP contribution in [0, 0.1) is 0 Å². The summed E-state index contributed by atoms with van der Waals surface area (Å²) in [5.74, 6) is 1.52. The molecule has 0 saturated carbocycles. The molecule has 1 aromatic heterocycles. The number of nitrogens with zero attached hydrogens (tertiary/aromatic N) is 3. The van der Waals surface area contributed by atoms with Gasteiger partial charge in [0.05, 0.1) is 12.6 Å². The SMILES string of the molecule is CC(C)c1ccc(C(O)CN(C)Cc2nccn2C)cc1. The molecule has 4 nitrogen and oxygen atoms in total. The first kappa shape index (κ1) is 15.7. The molecule has 1 atom stereocenters. The van der Waals surface area contributed by atoms with E-state index in [4.69, 9.17) is 0 Å². The molecule has 21 heavy (non-hydrogen) atoms. The van der Waals surface area contributed by atoms with Gasteiger partial charge in [-0.25, -0.2) is 4.98 Å². The summed E-state index contributed by atoms with van der Waals surface area (Å²) in [5, 5.41) is 10.3. The molecule has 0 aliphatic rings. The second-order valence-electron chi connectivity index (χ2n) is 5.99. The highest BCUT2D eigenvalue weighted by Crippen LogP contribution is 2.19. The summed E-state index contributed by atoms with van der Waals surface area (Å²) < 4.78 is 2.00. The lowest BCUT2D eigenvalue weighted by molar-refractivity contribution is 0.122. The molecule has 0 amide bonds. The van der Waals surface area contributed by atoms with Crippen molar-refractivity contribution in [2.45, 2.75) is 32.4 Å². The van der Waals surface area contributed by atoms with Gasteiger partial charge in [-0.15, -0.1) is 0 Å². The van der Waals surface area contributed by atoms with Crippen LogP contribution in [0.2, 0.25) is 0 Å². The third kappa shape index (κ3) is 4.16. The number of aromatic nitrogens is 2. The number of hydrogen-bond donors (Lipinski definition) is 1. The van der Waals surface area contributed by atoms with Gasteiger partial charge in [0.1, 0.15) is 5.82 Å². The lowest BCUT2D eigenvalue weighted by Crippen LogP contribution is -2.25. The number of aliphatic hydroxyl groups is 1. The fraction of sp³-hybridized carbons (Fsp3) is 0.471. The minimum Gasteiger partial charge on any atom is -0.387 e. The van der Waals surface area contributed by atoms with Crippen molar-refractivity contribution in [2.24, 2.45) is 7.05 Å². The summed E-state index contributed by atoms with van der Waals surface area (Å²) in [5.41, 5.74) is 2.26. The first-order valence-electron chi connectivity index (χ1n) is 7.40. The molecule has 4 heteroatoms. The van der Waals surface area contributed by atoms with Crippen molar-refractivity contribution in [3.63, 3.8) is 0 Å². The maximum atomic E-state index is 10.3. The number of imidazole rings is 1. The summed E-state index contributed by atoms with van der Waals surface area (Å²) in [7, 11) is 3.98. The molecule has 2 rings (SSSR count). The summed E-state index contributed by atoms with van der Waals surface area (Å²) in [6.45, 7) is 5.66. The third-order valence-electron chi connectivity index (χ3n) is 3.80. The fourth-order valence-corrected chi connectivity index (χ4v) is 2.36. The van der Waals surface area contributed by atoms with Gasteiger partial charge < -0.3 is 9.67 Å². The molecule has 2 aromatic rings. The van der Waals surface area contributed by atoms with E-state index in [1.54, 1.807) is 6.20 Å². The van der Waals surface area contributed by atoms with Gasteiger partial charge in [-0.3, -0.25) is 4.90 Å². The predicted octanol–water partition coefficient (Wildman–Crippen LogP) is 2.71. The van der Waals surface area contributed by atoms with Crippen molar-refractivity contribution in [1.82, 2.24) is 14.5 Å². The van der Waals surface area contributed by atoms with Gasteiger partial charge in [-0.05, 0) is 24.1 Å². The minimum atomic E-state index is -0.475. The molecule has 0 spiro atoms. The Kier molecular flexibility index (Phi) is 5.15. The molecule has 114 valence electrons. The Morgan fingerprint density at radius 1 is 1.19 bits per heavy atom. The van der Waals surface area contributed by atoms with Gasteiger partial charge in [0.25, 0.3) is 0 Å². The van der Waals surface area contributed by atoms with Crippen molar-refractivity contribution in [3.8, 4) is 0 Å². The molecule has 0 aliphatic carbocycles. The average Bonchev–Trinajstić information content (AvgIpc) is 2.84. The van der Waals surface area contributed by atoms with E-state index in [1.165, 1.54) is 5.56 Å². The minimum absolute atomic E-state index is 0.475. The van der Waals surface area contributed by atoms with Crippen LogP contribution in [0.15, 0.2) is 36.7 Å². The molecule has 0 saturated heterocycles. The Morgan fingerprint density at radius 2 is 1.81 bits per heavy atom. The molecule has 1 N–H and O–H groups in total. The largest absolute Gasteiger partial charge is 0.387 e. The molecular formula is C17H25N3O. The van der Waals surface area contributed by atoms with Gasteiger partial charge in [0, 0.05) is 26.0 Å². The Hall–Kier alpha value is -1.65. The number of likely N-dealkylation sites (N-methyl/N-ethyl adjacent to an activating group) is 1. The third-order valence-corrected chi connectivity index (χ3v) is 3.80. The van der Waals surface area contributed by atoms with Gasteiger partial charge >= 0.3 is 0 Å². The van der Waals surface area contributed by atoms with Crippen LogP contribution in [-0.2, 0) is 13.6 Å². The van der Waals surface area contributed by atoms with E-state index < -0.39 is 6.10 Å². The number of hydrogen-bond acceptors (Lipinski definition) is 3. The van der Waals surface area contributed by atoms with E-state index in [9.17, 15) is 5.11 Å². The number of aliphatic hydroxyl groups excluding tert-OH is 1. The van der Waals surface area contributed by atoms with E-state index >= 15 is 0 Å². The summed E-state index contributed by atoms with van der Waals surface area (Å²) in [6.07, 6.45) is 3.26. The molecule has 0 bridgehead atoms. The smallest absolute Gasteiger partial charge is 0.122 e. The highest BCUT2D eigenvalue weighted by molar-refractivity contribution is 5.26. The van der Waals surface area contributed by atoms with E-state index in [0.29, 0.717) is 12.5 Å². The van der Waals surface area contributed by atoms with Crippen LogP contribution in [0.5, 0.6) is 0 Å². The van der Waals surface area contributed by atoms with Gasteiger partial charge in [-0.2, -0.15) is 0 Å². The summed E-state index contributed by atoms with van der Waals surface area (Å²) in [4.78, 5) is 6.39. The van der Waals surface area contributed by atoms with Crippen molar-refractivity contribution in [2.75, 3.05) is 13.6 Å². The van der Waals surface area contributed by atoms with Gasteiger partial charge in [0.2, 0.25) is 0 Å². The van der Waals surface area contributed by atoms with Crippen LogP contribution in [0.4, 0.5) is 0 Å². The zero-order valence-electron chi connectivity index (χ0n) is 13.3. The predicted molar refractivity (Wildman–Crippen MR) is 85.0 cm³/mol. The molecule has 0 fully saturated rings. The van der Waals surface area contributed by atoms with Crippen LogP contribution in [-0.4, -0.2) is 33.1 Å². The van der Waals surface area contributed by atoms with Gasteiger partial charge in [0.15, 0.2) is 0 Å². The van der Waals surface area contributed by atoms with Crippen molar-refractivity contribution < 1.29 is 5.11 Å². The maximum absolute atomic E-state index is 10.3. The number of benzene rings is 1. The van der Waals surface area contributed by atoms with E-state index in [-0.39, 0.29) is 0 Å². The normalized spacial score (nSPS) is 13.1. The first-order valence-corrected chi connectivity index (χ1v) is 7.40. The van der Waals surface area contributed by atoms with Crippen molar-refractivity contribution in [1.29, 1.82) is 0 Å². The summed E-state index contributed by atoms with van der Waals surface area (Å²) in [6, 6.07) is 8.24. The molecule has 1 unspecified atom stereocenters. The topological polar surface area (TPSA) is 41.3 Å². The van der Waals surface area contributed by atoms with E-state index in [1.807, 2.05) is 37.0 Å². The summed E-state index contributed by atoms with van der Waals surface area (Å²) >= 11 is 0. The van der Waals surface area contributed by atoms with Crippen LogP contribution in [0.1, 0.15) is 42.8 Å². The van der Waals surface area contributed by atoms with Gasteiger partial charge in [-0.1, -0.05) is 38.1 Å². The van der Waals surface area contributed by atoms with Crippen molar-refractivity contribution >= 4 is 0 Å². The van der Waals surface area contributed by atoms with E-state index in [0.717, 1.165) is 17.9 Å². The molecule has 0 radical (unpaired) electrons. The van der Waals surface area contributed by atoms with E-state index in [2.05, 4.69) is 35.9 Å². The van der Waals surface area contributed by atoms with Crippen LogP contribution >= 0.6 is 0 Å². The average molecular weight is 287 g/mol. The quantitative estimate of drug-likeness (QED) is 0.888. The first-order chi connectivity index (χ1) is 9.97. The second-order valence-corrected chi connectivity index (χ2v) is 5.99. The van der Waals surface area contributed by atoms with Crippen LogP contribution in [0.3, 0.4) is 0 Å². The maximum Gasteiger partial charge on any atom is 0.122 e. The number of aryl methyl sites for hydroxylation is 1. The Morgan fingerprint density at radius 3 is 2.33 bits per heavy atom. The molecule has 0 aliphatic heterocycles. The Bertz CT molecular complexity index is 560. The Labute approximate surface area is 127 Å². The van der Waals surface area contributed by atoms with Crippen LogP contribution < -0.4 is 0 Å². The zero-order valence-corrected chi connectivity index (χ0v) is 13.3. The fourth-order valence-electron chi connectivity index (χ4n) is 2.36. The molecule has 1 aromatic carbocycles. The Balaban J connectivity index is 1.94. The van der Waals surface area contributed by atoms with Crippen molar-refractivity contribution in [3.05, 3.63) is 53.6 Å². The second kappa shape index (κ2) is 6.87. The zero-order chi connectivity index (χ0) is 15.4.